The fraction of sp³-hybridized carbons (Fsp3) is 0.200. The van der Waals surface area contributed by atoms with Crippen LogP contribution in [0.15, 0.2) is 53.7 Å². The molecule has 12 heteroatoms. The normalized spacial score (nSPS) is 10.4. The van der Waals surface area contributed by atoms with E-state index in [2.05, 4.69) is 20.9 Å². The molecule has 3 aromatic rings. The number of nitro groups is 1. The molecule has 0 saturated carbocycles. The number of hydrogen-bond donors (Lipinski definition) is 2. The van der Waals surface area contributed by atoms with E-state index < -0.39 is 10.8 Å². The Labute approximate surface area is 193 Å². The first kappa shape index (κ1) is 23.2. The van der Waals surface area contributed by atoms with Gasteiger partial charge in [-0.1, -0.05) is 49.0 Å². The van der Waals surface area contributed by atoms with Crippen LogP contribution < -0.4 is 15.5 Å². The average Bonchev–Trinajstić information content (AvgIpc) is 3.18. The predicted octanol–water partition coefficient (Wildman–Crippen LogP) is 3.31. The van der Waals surface area contributed by atoms with Crippen molar-refractivity contribution in [2.75, 3.05) is 12.5 Å². The van der Waals surface area contributed by atoms with E-state index in [1.165, 1.54) is 31.0 Å². The Morgan fingerprint density at radius 1 is 1.25 bits per heavy atom. The van der Waals surface area contributed by atoms with Crippen molar-refractivity contribution in [1.82, 2.24) is 20.2 Å². The molecule has 0 radical (unpaired) electrons. The van der Waals surface area contributed by atoms with Crippen molar-refractivity contribution in [2.24, 2.45) is 0 Å². The molecular formula is C20H20N6O4S2. The van der Waals surface area contributed by atoms with Gasteiger partial charge in [-0.3, -0.25) is 25.7 Å². The van der Waals surface area contributed by atoms with Crippen molar-refractivity contribution < 1.29 is 14.5 Å². The Balaban J connectivity index is 1.70. The van der Waals surface area contributed by atoms with Gasteiger partial charge in [0.15, 0.2) is 16.7 Å². The lowest BCUT2D eigenvalue weighted by atomic mass is 10.2. The maximum Gasteiger partial charge on any atom is 0.311 e. The third-order valence-corrected chi connectivity index (χ3v) is 5.50. The van der Waals surface area contributed by atoms with Gasteiger partial charge in [0.05, 0.1) is 12.0 Å². The molecule has 1 heterocycles. The molecule has 0 spiro atoms. The van der Waals surface area contributed by atoms with Crippen LogP contribution in [0.3, 0.4) is 0 Å². The third-order valence-electron chi connectivity index (χ3n) is 4.31. The molecule has 0 saturated heterocycles. The molecular weight excluding hydrogens is 452 g/mol. The van der Waals surface area contributed by atoms with Crippen molar-refractivity contribution in [2.45, 2.75) is 24.3 Å². The predicted molar refractivity (Wildman–Crippen MR) is 124 cm³/mol. The highest BCUT2D eigenvalue weighted by Gasteiger charge is 2.19. The number of benzene rings is 2. The summed E-state index contributed by atoms with van der Waals surface area (Å²) in [6.45, 7) is 1.92. The van der Waals surface area contributed by atoms with E-state index in [0.717, 1.165) is 11.6 Å². The number of thiocarbonyl (C=S) groups is 1. The van der Waals surface area contributed by atoms with Crippen molar-refractivity contribution in [3.63, 3.8) is 0 Å². The van der Waals surface area contributed by atoms with Crippen molar-refractivity contribution in [3.8, 4) is 5.75 Å². The quantitative estimate of drug-likeness (QED) is 0.220. The number of nitrogens with one attached hydrogen (secondary N) is 2. The number of aryl methyl sites for hydroxylation is 1. The Kier molecular flexibility index (Phi) is 7.73. The molecule has 32 heavy (non-hydrogen) atoms. The number of ether oxygens (including phenoxy) is 1. The van der Waals surface area contributed by atoms with Gasteiger partial charge < -0.3 is 4.74 Å². The van der Waals surface area contributed by atoms with E-state index >= 15 is 0 Å². The summed E-state index contributed by atoms with van der Waals surface area (Å²) in [4.78, 5) is 23.1. The van der Waals surface area contributed by atoms with Crippen LogP contribution in [-0.4, -0.2) is 37.9 Å². The smallest absolute Gasteiger partial charge is 0.311 e. The lowest BCUT2D eigenvalue weighted by Crippen LogP contribution is -2.38. The van der Waals surface area contributed by atoms with Gasteiger partial charge >= 0.3 is 5.69 Å². The molecule has 166 valence electrons. The molecule has 10 nitrogen and oxygen atoms in total. The first-order valence-electron chi connectivity index (χ1n) is 9.48. The number of amides is 1. The zero-order valence-corrected chi connectivity index (χ0v) is 18.9. The fourth-order valence-corrected chi connectivity index (χ4v) is 3.79. The summed E-state index contributed by atoms with van der Waals surface area (Å²) in [5, 5.41) is 22.7. The van der Waals surface area contributed by atoms with Crippen LogP contribution in [-0.2, 0) is 12.2 Å². The number of carbonyl (C=O) groups is 1. The molecule has 1 aromatic heterocycles. The summed E-state index contributed by atoms with van der Waals surface area (Å²) in [5.74, 6) is 0.776. The first-order valence-corrected chi connectivity index (χ1v) is 10.9. The van der Waals surface area contributed by atoms with E-state index in [0.29, 0.717) is 23.2 Å². The van der Waals surface area contributed by atoms with E-state index in [-0.39, 0.29) is 22.1 Å². The van der Waals surface area contributed by atoms with E-state index in [9.17, 15) is 14.9 Å². The topological polar surface area (TPSA) is 124 Å². The Morgan fingerprint density at radius 3 is 2.66 bits per heavy atom. The molecule has 0 aliphatic heterocycles. The maximum absolute atomic E-state index is 12.6. The lowest BCUT2D eigenvalue weighted by molar-refractivity contribution is -0.385. The van der Waals surface area contributed by atoms with Crippen molar-refractivity contribution in [3.05, 3.63) is 75.6 Å². The zero-order valence-electron chi connectivity index (χ0n) is 17.3. The highest BCUT2D eigenvalue weighted by atomic mass is 32.2. The highest BCUT2D eigenvalue weighted by Crippen LogP contribution is 2.27. The van der Waals surface area contributed by atoms with Gasteiger partial charge in [-0.15, -0.1) is 10.2 Å². The average molecular weight is 473 g/mol. The molecule has 2 aromatic carbocycles. The van der Waals surface area contributed by atoms with Gasteiger partial charge in [0.25, 0.3) is 5.91 Å². The number of thioether (sulfide) groups is 1. The van der Waals surface area contributed by atoms with Gasteiger partial charge in [0.1, 0.15) is 0 Å². The minimum atomic E-state index is -0.618. The van der Waals surface area contributed by atoms with Crippen LogP contribution in [0.2, 0.25) is 0 Å². The van der Waals surface area contributed by atoms with Gasteiger partial charge in [-0.25, -0.2) is 4.68 Å². The second kappa shape index (κ2) is 10.7. The van der Waals surface area contributed by atoms with Crippen LogP contribution >= 0.6 is 24.0 Å². The standard InChI is InChI=1S/C20H20N6O4S2/c1-3-17-22-23-20(32-12-13-7-5-4-6-8-13)25(17)24-19(31)21-18(27)14-9-10-16(30-2)15(11-14)26(28)29/h4-11H,3,12H2,1-2H3,(H2,21,24,27,31). The number of methoxy groups -OCH3 is 1. The number of hydrogen-bond acceptors (Lipinski definition) is 8. The number of aromatic nitrogens is 3. The molecule has 0 aliphatic rings. The lowest BCUT2D eigenvalue weighted by Gasteiger charge is -2.14. The van der Waals surface area contributed by atoms with E-state index in [1.807, 2.05) is 37.3 Å². The number of nitrogens with zero attached hydrogens (tertiary/aromatic N) is 4. The van der Waals surface area contributed by atoms with Crippen LogP contribution in [0.4, 0.5) is 5.69 Å². The second-order valence-electron chi connectivity index (χ2n) is 6.40. The molecule has 3 rings (SSSR count). The third kappa shape index (κ3) is 5.59. The molecule has 0 atom stereocenters. The summed E-state index contributed by atoms with van der Waals surface area (Å²) in [6, 6.07) is 13.8. The minimum Gasteiger partial charge on any atom is -0.490 e. The summed E-state index contributed by atoms with van der Waals surface area (Å²) >= 11 is 6.74. The fourth-order valence-electron chi connectivity index (χ4n) is 2.74. The summed E-state index contributed by atoms with van der Waals surface area (Å²) in [6.07, 6.45) is 0.590. The Morgan fingerprint density at radius 2 is 2.00 bits per heavy atom. The van der Waals surface area contributed by atoms with Crippen LogP contribution in [0.5, 0.6) is 5.75 Å². The van der Waals surface area contributed by atoms with E-state index in [1.54, 1.807) is 4.68 Å². The summed E-state index contributed by atoms with van der Waals surface area (Å²) in [5.41, 5.74) is 3.80. The largest absolute Gasteiger partial charge is 0.490 e. The number of carbonyl (C=O) groups excluding carboxylic acids is 1. The molecule has 0 unspecified atom stereocenters. The van der Waals surface area contributed by atoms with Gasteiger partial charge in [-0.05, 0) is 29.9 Å². The SMILES string of the molecule is CCc1nnc(SCc2ccccc2)n1NC(=S)NC(=O)c1ccc(OC)c([N+](=O)[O-])c1. The Bertz CT molecular complexity index is 1140. The first-order chi connectivity index (χ1) is 15.4. The molecule has 2 N–H and O–H groups in total. The van der Waals surface area contributed by atoms with Crippen LogP contribution in [0.1, 0.15) is 28.7 Å². The van der Waals surface area contributed by atoms with Gasteiger partial charge in [-0.2, -0.15) is 0 Å². The number of rotatable bonds is 8. The molecule has 0 bridgehead atoms. The number of nitro benzene ring substituents is 1. The van der Waals surface area contributed by atoms with E-state index in [4.69, 9.17) is 17.0 Å². The zero-order chi connectivity index (χ0) is 23.1. The minimum absolute atomic E-state index is 0.00420. The molecule has 0 aliphatic carbocycles. The maximum atomic E-state index is 12.6. The van der Waals surface area contributed by atoms with Crippen molar-refractivity contribution in [1.29, 1.82) is 0 Å². The van der Waals surface area contributed by atoms with Gasteiger partial charge in [0, 0.05) is 23.8 Å². The summed E-state index contributed by atoms with van der Waals surface area (Å²) < 4.78 is 6.57. The van der Waals surface area contributed by atoms with Crippen LogP contribution in [0, 0.1) is 10.1 Å². The molecule has 1 amide bonds. The van der Waals surface area contributed by atoms with Gasteiger partial charge in [0.2, 0.25) is 5.16 Å². The summed E-state index contributed by atoms with van der Waals surface area (Å²) in [7, 11) is 1.32. The monoisotopic (exact) mass is 472 g/mol. The molecule has 0 fully saturated rings. The second-order valence-corrected chi connectivity index (χ2v) is 7.75. The van der Waals surface area contributed by atoms with Crippen LogP contribution in [0.25, 0.3) is 0 Å². The Hall–Kier alpha value is -3.51. The highest BCUT2D eigenvalue weighted by molar-refractivity contribution is 7.98. The van der Waals surface area contributed by atoms with Crippen molar-refractivity contribution >= 4 is 40.7 Å².